The number of nitrogens with one attached hydrogen (secondary N) is 1. The van der Waals surface area contributed by atoms with Crippen molar-refractivity contribution in [1.82, 2.24) is 9.03 Å². The van der Waals surface area contributed by atoms with Crippen LogP contribution < -0.4 is 4.72 Å². The van der Waals surface area contributed by atoms with E-state index in [-0.39, 0.29) is 11.2 Å². The Labute approximate surface area is 109 Å². The van der Waals surface area contributed by atoms with Crippen LogP contribution in [-0.4, -0.2) is 52.3 Å². The van der Waals surface area contributed by atoms with Gasteiger partial charge in [-0.3, -0.25) is 0 Å². The first-order valence-electron chi connectivity index (χ1n) is 6.22. The lowest BCUT2D eigenvalue weighted by Gasteiger charge is -2.30. The molecule has 2 fully saturated rings. The van der Waals surface area contributed by atoms with Gasteiger partial charge in [0.25, 0.3) is 0 Å². The molecule has 8 heteroatoms. The molecule has 0 aromatic rings. The van der Waals surface area contributed by atoms with Crippen LogP contribution in [-0.2, 0) is 20.0 Å². The maximum atomic E-state index is 11.6. The number of rotatable bonds is 5. The highest BCUT2D eigenvalue weighted by Crippen LogP contribution is 2.28. The smallest absolute Gasteiger partial charge is 0.214 e. The first-order valence-corrected chi connectivity index (χ1v) is 9.62. The molecular weight excluding hydrogens is 276 g/mol. The number of nitrogens with zero attached hydrogens (tertiary/aromatic N) is 1. The van der Waals surface area contributed by atoms with E-state index in [1.165, 1.54) is 10.6 Å². The first-order chi connectivity index (χ1) is 8.29. The Balaban J connectivity index is 1.77. The quantitative estimate of drug-likeness (QED) is 0.757. The van der Waals surface area contributed by atoms with Crippen molar-refractivity contribution >= 4 is 20.0 Å². The van der Waals surface area contributed by atoms with E-state index in [0.717, 1.165) is 25.7 Å². The Morgan fingerprint density at radius 2 is 1.61 bits per heavy atom. The van der Waals surface area contributed by atoms with E-state index >= 15 is 0 Å². The Hall–Kier alpha value is -0.180. The van der Waals surface area contributed by atoms with E-state index in [1.54, 1.807) is 0 Å². The summed E-state index contributed by atoms with van der Waals surface area (Å²) in [5.41, 5.74) is 0. The topological polar surface area (TPSA) is 83.6 Å². The third kappa shape index (κ3) is 3.66. The van der Waals surface area contributed by atoms with Crippen LogP contribution >= 0.6 is 0 Å². The van der Waals surface area contributed by atoms with Gasteiger partial charge in [0, 0.05) is 19.6 Å². The van der Waals surface area contributed by atoms with Gasteiger partial charge in [-0.05, 0) is 31.6 Å². The monoisotopic (exact) mass is 296 g/mol. The second kappa shape index (κ2) is 5.07. The normalized spacial score (nSPS) is 24.3. The second-order valence-electron chi connectivity index (χ2n) is 5.20. The molecular formula is C10H20N2O4S2. The van der Waals surface area contributed by atoms with Gasteiger partial charge >= 0.3 is 0 Å². The number of hydrogen-bond donors (Lipinski definition) is 1. The summed E-state index contributed by atoms with van der Waals surface area (Å²) in [6.07, 6.45) is 4.19. The van der Waals surface area contributed by atoms with Gasteiger partial charge in [0.15, 0.2) is 0 Å². The van der Waals surface area contributed by atoms with Crippen molar-refractivity contribution in [1.29, 1.82) is 0 Å². The average Bonchev–Trinajstić information content (AvgIpc) is 3.10. The molecule has 6 nitrogen and oxygen atoms in total. The molecule has 0 radical (unpaired) electrons. The number of sulfonamides is 2. The highest BCUT2D eigenvalue weighted by Gasteiger charge is 2.36. The van der Waals surface area contributed by atoms with Crippen LogP contribution in [0.3, 0.4) is 0 Å². The molecule has 0 amide bonds. The number of hydrogen-bond acceptors (Lipinski definition) is 4. The lowest BCUT2D eigenvalue weighted by molar-refractivity contribution is 0.275. The fourth-order valence-corrected chi connectivity index (χ4v) is 4.51. The summed E-state index contributed by atoms with van der Waals surface area (Å²) >= 11 is 0. The lowest BCUT2D eigenvalue weighted by Crippen LogP contribution is -2.41. The van der Waals surface area contributed by atoms with Crippen molar-refractivity contribution in [2.24, 2.45) is 5.92 Å². The van der Waals surface area contributed by atoms with Crippen LogP contribution in [0.15, 0.2) is 0 Å². The molecule has 106 valence electrons. The molecule has 0 unspecified atom stereocenters. The van der Waals surface area contributed by atoms with Crippen molar-refractivity contribution in [2.45, 2.75) is 30.9 Å². The summed E-state index contributed by atoms with van der Waals surface area (Å²) in [4.78, 5) is 0. The van der Waals surface area contributed by atoms with E-state index in [0.29, 0.717) is 19.6 Å². The minimum atomic E-state index is -3.11. The van der Waals surface area contributed by atoms with E-state index in [2.05, 4.69) is 4.72 Å². The van der Waals surface area contributed by atoms with Crippen molar-refractivity contribution in [3.05, 3.63) is 0 Å². The molecule has 1 aliphatic carbocycles. The molecule has 0 spiro atoms. The van der Waals surface area contributed by atoms with Crippen LogP contribution in [0.2, 0.25) is 0 Å². The van der Waals surface area contributed by atoms with Gasteiger partial charge in [-0.2, -0.15) is 0 Å². The van der Waals surface area contributed by atoms with E-state index in [1.807, 2.05) is 0 Å². The van der Waals surface area contributed by atoms with Crippen molar-refractivity contribution < 1.29 is 16.8 Å². The summed E-state index contributed by atoms with van der Waals surface area (Å²) in [5, 5.41) is -0.186. The highest BCUT2D eigenvalue weighted by atomic mass is 32.2. The van der Waals surface area contributed by atoms with Crippen molar-refractivity contribution in [3.63, 3.8) is 0 Å². The maximum absolute atomic E-state index is 11.6. The Morgan fingerprint density at radius 3 is 2.06 bits per heavy atom. The molecule has 0 aromatic carbocycles. The third-order valence-corrected chi connectivity index (χ3v) is 6.80. The molecule has 1 saturated carbocycles. The molecule has 1 N–H and O–H groups in total. The molecule has 0 bridgehead atoms. The fourth-order valence-electron chi connectivity index (χ4n) is 2.18. The third-order valence-electron chi connectivity index (χ3n) is 3.58. The SMILES string of the molecule is CS(=O)(=O)N1CCC(CNS(=O)(=O)C2CC2)CC1. The molecule has 1 aliphatic heterocycles. The molecule has 0 aromatic heterocycles. The minimum absolute atomic E-state index is 0.186. The van der Waals surface area contributed by atoms with Crippen LogP contribution in [0.1, 0.15) is 25.7 Å². The number of piperidine rings is 1. The van der Waals surface area contributed by atoms with Crippen LogP contribution in [0, 0.1) is 5.92 Å². The summed E-state index contributed by atoms with van der Waals surface area (Å²) in [5.74, 6) is 0.247. The predicted molar refractivity (Wildman–Crippen MR) is 69.1 cm³/mol. The van der Waals surface area contributed by atoms with Crippen molar-refractivity contribution in [2.75, 3.05) is 25.9 Å². The molecule has 0 atom stereocenters. The predicted octanol–water partition coefficient (Wildman–Crippen LogP) is -0.260. The lowest BCUT2D eigenvalue weighted by atomic mass is 9.99. The summed E-state index contributed by atoms with van der Waals surface area (Å²) in [6.45, 7) is 1.43. The maximum Gasteiger partial charge on any atom is 0.214 e. The van der Waals surface area contributed by atoms with E-state index in [4.69, 9.17) is 0 Å². The van der Waals surface area contributed by atoms with Gasteiger partial charge in [0.1, 0.15) is 0 Å². The largest absolute Gasteiger partial charge is 0.215 e. The first kappa shape index (κ1) is 14.2. The van der Waals surface area contributed by atoms with Gasteiger partial charge < -0.3 is 0 Å². The zero-order valence-corrected chi connectivity index (χ0v) is 12.1. The molecule has 1 saturated heterocycles. The standard InChI is InChI=1S/C10H20N2O4S2/c1-17(13,14)12-6-4-9(5-7-12)8-11-18(15,16)10-2-3-10/h9-11H,2-8H2,1H3. The van der Waals surface area contributed by atoms with Gasteiger partial charge in [-0.1, -0.05) is 0 Å². The Kier molecular flexibility index (Phi) is 4.01. The minimum Gasteiger partial charge on any atom is -0.215 e. The van der Waals surface area contributed by atoms with E-state index in [9.17, 15) is 16.8 Å². The zero-order valence-electron chi connectivity index (χ0n) is 10.5. The van der Waals surface area contributed by atoms with Gasteiger partial charge in [-0.15, -0.1) is 0 Å². The Morgan fingerprint density at radius 1 is 1.06 bits per heavy atom. The molecule has 18 heavy (non-hydrogen) atoms. The molecule has 2 rings (SSSR count). The highest BCUT2D eigenvalue weighted by molar-refractivity contribution is 7.90. The van der Waals surface area contributed by atoms with Gasteiger partial charge in [0.2, 0.25) is 20.0 Å². The van der Waals surface area contributed by atoms with Gasteiger partial charge in [-0.25, -0.2) is 25.9 Å². The van der Waals surface area contributed by atoms with Crippen LogP contribution in [0.5, 0.6) is 0 Å². The fraction of sp³-hybridized carbons (Fsp3) is 1.00. The average molecular weight is 296 g/mol. The van der Waals surface area contributed by atoms with Crippen LogP contribution in [0.4, 0.5) is 0 Å². The summed E-state index contributed by atoms with van der Waals surface area (Å²) in [7, 11) is -6.21. The van der Waals surface area contributed by atoms with Gasteiger partial charge in [0.05, 0.1) is 11.5 Å². The molecule has 2 aliphatic rings. The summed E-state index contributed by atoms with van der Waals surface area (Å²) < 4.78 is 50.0. The Bertz CT molecular complexity index is 488. The van der Waals surface area contributed by atoms with Crippen molar-refractivity contribution in [3.8, 4) is 0 Å². The second-order valence-corrected chi connectivity index (χ2v) is 9.23. The van der Waals surface area contributed by atoms with Crippen LogP contribution in [0.25, 0.3) is 0 Å². The summed E-state index contributed by atoms with van der Waals surface area (Å²) in [6, 6.07) is 0. The zero-order chi connectivity index (χ0) is 13.4. The molecule has 1 heterocycles. The van der Waals surface area contributed by atoms with E-state index < -0.39 is 20.0 Å².